The lowest BCUT2D eigenvalue weighted by molar-refractivity contribution is 0.0174. The molecule has 1 saturated heterocycles. The number of ether oxygens (including phenoxy) is 1. The van der Waals surface area contributed by atoms with Gasteiger partial charge in [0, 0.05) is 19.1 Å². The Hall–Kier alpha value is -1.99. The maximum absolute atomic E-state index is 11.7. The number of piperidine rings is 1. The lowest BCUT2D eigenvalue weighted by atomic mass is 10.0. The molecule has 0 radical (unpaired) electrons. The monoisotopic (exact) mass is 346 g/mol. The third kappa shape index (κ3) is 10.5. The van der Waals surface area contributed by atoms with Crippen molar-refractivity contribution in [2.24, 2.45) is 11.7 Å². The summed E-state index contributed by atoms with van der Waals surface area (Å²) < 4.78 is 5.31. The molecule has 2 rings (SSSR count). The van der Waals surface area contributed by atoms with Gasteiger partial charge in [0.25, 0.3) is 0 Å². The molecule has 1 aliphatic rings. The summed E-state index contributed by atoms with van der Waals surface area (Å²) in [4.78, 5) is 13.5. The first-order chi connectivity index (χ1) is 11.7. The quantitative estimate of drug-likeness (QED) is 0.756. The van der Waals surface area contributed by atoms with E-state index in [4.69, 9.17) is 10.5 Å². The van der Waals surface area contributed by atoms with Gasteiger partial charge in [0.05, 0.1) is 0 Å². The van der Waals surface area contributed by atoms with E-state index in [2.05, 4.69) is 19.8 Å². The number of carbonyl (C=O) groups is 1. The highest BCUT2D eigenvalue weighted by molar-refractivity contribution is 5.68. The average Bonchev–Trinajstić information content (AvgIpc) is 2.56. The summed E-state index contributed by atoms with van der Waals surface area (Å²) in [5.41, 5.74) is 6.43. The zero-order valence-electron chi connectivity index (χ0n) is 16.4. The zero-order chi connectivity index (χ0) is 19.5. The maximum Gasteiger partial charge on any atom is 0.410 e. The summed E-state index contributed by atoms with van der Waals surface area (Å²) in [6.07, 6.45) is 10.2. The Balaban J connectivity index is 0.000000451. The molecule has 0 bridgehead atoms. The van der Waals surface area contributed by atoms with Gasteiger partial charge in [-0.2, -0.15) is 0 Å². The minimum Gasteiger partial charge on any atom is -0.444 e. The molecule has 0 aliphatic carbocycles. The smallest absolute Gasteiger partial charge is 0.410 e. The number of nitrogens with two attached hydrogens (primary N) is 1. The molecule has 0 spiro atoms. The van der Waals surface area contributed by atoms with E-state index in [1.165, 1.54) is 12.0 Å². The van der Waals surface area contributed by atoms with Gasteiger partial charge in [-0.05, 0) is 52.0 Å². The minimum absolute atomic E-state index is 0.159. The van der Waals surface area contributed by atoms with Crippen LogP contribution in [0.2, 0.25) is 0 Å². The van der Waals surface area contributed by atoms with Crippen molar-refractivity contribution in [1.82, 2.24) is 4.90 Å². The Morgan fingerprint density at radius 2 is 1.84 bits per heavy atom. The van der Waals surface area contributed by atoms with Crippen LogP contribution in [0.3, 0.4) is 0 Å². The minimum atomic E-state index is -0.377. The van der Waals surface area contributed by atoms with Crippen LogP contribution in [0.4, 0.5) is 4.79 Å². The molecule has 1 aromatic rings. The molecule has 0 aromatic heterocycles. The molecular weight excluding hydrogens is 312 g/mol. The third-order valence-corrected chi connectivity index (χ3v) is 3.63. The highest BCUT2D eigenvalue weighted by atomic mass is 16.6. The van der Waals surface area contributed by atoms with Gasteiger partial charge in [0.15, 0.2) is 0 Å². The molecule has 25 heavy (non-hydrogen) atoms. The molecule has 1 aliphatic heterocycles. The van der Waals surface area contributed by atoms with Crippen molar-refractivity contribution in [3.05, 3.63) is 35.9 Å². The van der Waals surface area contributed by atoms with Crippen LogP contribution in [0, 0.1) is 18.8 Å². The summed E-state index contributed by atoms with van der Waals surface area (Å²) >= 11 is 0. The number of carbonyl (C=O) groups excluding carboxylic acids is 1. The van der Waals surface area contributed by atoms with Gasteiger partial charge in [-0.25, -0.2) is 4.79 Å². The zero-order valence-corrected chi connectivity index (χ0v) is 16.4. The maximum atomic E-state index is 11.7. The molecule has 0 unspecified atom stereocenters. The number of benzene rings is 1. The summed E-state index contributed by atoms with van der Waals surface area (Å²) in [5.74, 6) is 0.608. The molecule has 140 valence electrons. The number of hydrogen-bond acceptors (Lipinski definition) is 3. The van der Waals surface area contributed by atoms with E-state index >= 15 is 0 Å². The van der Waals surface area contributed by atoms with Crippen LogP contribution in [0.1, 0.15) is 59.1 Å². The highest BCUT2D eigenvalue weighted by Crippen LogP contribution is 2.18. The van der Waals surface area contributed by atoms with Gasteiger partial charge >= 0.3 is 6.09 Å². The van der Waals surface area contributed by atoms with Crippen molar-refractivity contribution in [2.45, 2.75) is 59.1 Å². The van der Waals surface area contributed by atoms with Gasteiger partial charge in [-0.3, -0.25) is 0 Å². The van der Waals surface area contributed by atoms with Crippen molar-refractivity contribution in [3.8, 4) is 12.8 Å². The van der Waals surface area contributed by atoms with Crippen LogP contribution < -0.4 is 5.73 Å². The van der Waals surface area contributed by atoms with E-state index < -0.39 is 0 Å². The van der Waals surface area contributed by atoms with Crippen LogP contribution in [0.15, 0.2) is 30.3 Å². The lowest BCUT2D eigenvalue weighted by Gasteiger charge is -2.32. The standard InChI is InChI=1S/C11H21NO2.C8H11N.C2H2/c1-9-6-5-7-12(8-9)10(13)14-11(2,3)4;1-7(9)8-5-3-2-4-6-8;1-2/h9H,5-8H2,1-4H3;2-7H,9H2,1H3;1-2H/t9-;7-;/m11./s1. The Morgan fingerprint density at radius 1 is 1.28 bits per heavy atom. The van der Waals surface area contributed by atoms with Crippen molar-refractivity contribution in [3.63, 3.8) is 0 Å². The van der Waals surface area contributed by atoms with Gasteiger partial charge in [0.1, 0.15) is 5.60 Å². The van der Waals surface area contributed by atoms with E-state index in [1.54, 1.807) is 0 Å². The predicted molar refractivity (Wildman–Crippen MR) is 105 cm³/mol. The van der Waals surface area contributed by atoms with Crippen LogP contribution in [0.25, 0.3) is 0 Å². The van der Waals surface area contributed by atoms with Gasteiger partial charge in [-0.15, -0.1) is 12.8 Å². The molecule has 1 aromatic carbocycles. The molecule has 1 heterocycles. The second kappa shape index (κ2) is 11.5. The second-order valence-electron chi connectivity index (χ2n) is 7.37. The SMILES string of the molecule is C#C.C[C@@H](N)c1ccccc1.C[C@@H]1CCCN(C(=O)OC(C)(C)C)C1. The Bertz CT molecular complexity index is 504. The molecule has 4 nitrogen and oxygen atoms in total. The summed E-state index contributed by atoms with van der Waals surface area (Å²) in [5, 5.41) is 0. The normalized spacial score (nSPS) is 17.9. The van der Waals surface area contributed by atoms with E-state index in [0.29, 0.717) is 5.92 Å². The highest BCUT2D eigenvalue weighted by Gasteiger charge is 2.25. The first-order valence-corrected chi connectivity index (χ1v) is 8.81. The fraction of sp³-hybridized carbons (Fsp3) is 0.571. The number of rotatable bonds is 1. The predicted octanol–water partition coefficient (Wildman–Crippen LogP) is 4.61. The number of likely N-dealkylation sites (tertiary alicyclic amines) is 1. The number of nitrogens with zero attached hydrogens (tertiary/aromatic N) is 1. The van der Waals surface area contributed by atoms with Gasteiger partial charge in [0.2, 0.25) is 0 Å². The Morgan fingerprint density at radius 3 is 2.24 bits per heavy atom. The number of amides is 1. The number of terminal acetylenes is 1. The molecule has 0 saturated carbocycles. The molecular formula is C21H34N2O2. The number of hydrogen-bond donors (Lipinski definition) is 1. The van der Waals surface area contributed by atoms with E-state index in [1.807, 2.05) is 62.9 Å². The molecule has 4 heteroatoms. The van der Waals surface area contributed by atoms with Crippen LogP contribution >= 0.6 is 0 Å². The average molecular weight is 347 g/mol. The van der Waals surface area contributed by atoms with Crippen molar-refractivity contribution in [1.29, 1.82) is 0 Å². The fourth-order valence-corrected chi connectivity index (χ4v) is 2.44. The van der Waals surface area contributed by atoms with Gasteiger partial charge in [-0.1, -0.05) is 37.3 Å². The molecule has 1 amide bonds. The van der Waals surface area contributed by atoms with Crippen LogP contribution in [0.5, 0.6) is 0 Å². The topological polar surface area (TPSA) is 55.6 Å². The Kier molecular flexibility index (Phi) is 10.6. The molecule has 1 fully saturated rings. The Labute approximate surface area is 153 Å². The van der Waals surface area contributed by atoms with Gasteiger partial charge < -0.3 is 15.4 Å². The third-order valence-electron chi connectivity index (χ3n) is 3.63. The van der Waals surface area contributed by atoms with E-state index in [9.17, 15) is 4.79 Å². The van der Waals surface area contributed by atoms with E-state index in [-0.39, 0.29) is 17.7 Å². The lowest BCUT2D eigenvalue weighted by Crippen LogP contribution is -2.42. The summed E-state index contributed by atoms with van der Waals surface area (Å²) in [7, 11) is 0. The summed E-state index contributed by atoms with van der Waals surface area (Å²) in [6.45, 7) is 11.6. The molecule has 2 N–H and O–H groups in total. The van der Waals surface area contributed by atoms with E-state index in [0.717, 1.165) is 19.5 Å². The second-order valence-corrected chi connectivity index (χ2v) is 7.37. The first kappa shape index (κ1) is 23.0. The van der Waals surface area contributed by atoms with Crippen LogP contribution in [-0.2, 0) is 4.74 Å². The van der Waals surface area contributed by atoms with Crippen molar-refractivity contribution < 1.29 is 9.53 Å². The van der Waals surface area contributed by atoms with Crippen molar-refractivity contribution in [2.75, 3.05) is 13.1 Å². The summed E-state index contributed by atoms with van der Waals surface area (Å²) in [6, 6.07) is 10.2. The molecule has 2 atom stereocenters. The first-order valence-electron chi connectivity index (χ1n) is 8.81. The largest absolute Gasteiger partial charge is 0.444 e. The van der Waals surface area contributed by atoms with Crippen molar-refractivity contribution >= 4 is 6.09 Å². The van der Waals surface area contributed by atoms with Crippen LogP contribution in [-0.4, -0.2) is 29.7 Å². The fourth-order valence-electron chi connectivity index (χ4n) is 2.44.